The number of fused-ring (bicyclic) bond motifs is 2. The molecule has 0 saturated carbocycles. The summed E-state index contributed by atoms with van der Waals surface area (Å²) < 4.78 is 6.43. The third-order valence-electron chi connectivity index (χ3n) is 6.19. The molecular formula is C19H24N4O4S. The second kappa shape index (κ2) is 7.29. The number of aryl methyl sites for hydroxylation is 1. The Morgan fingerprint density at radius 3 is 2.89 bits per heavy atom. The predicted molar refractivity (Wildman–Crippen MR) is 104 cm³/mol. The number of nitrogens with zero attached hydrogens (tertiary/aromatic N) is 3. The van der Waals surface area contributed by atoms with Gasteiger partial charge in [-0.25, -0.2) is 9.78 Å². The van der Waals surface area contributed by atoms with Crippen molar-refractivity contribution in [1.29, 1.82) is 0 Å². The van der Waals surface area contributed by atoms with Gasteiger partial charge in [0.05, 0.1) is 23.7 Å². The van der Waals surface area contributed by atoms with Gasteiger partial charge in [0.25, 0.3) is 5.56 Å². The molecule has 2 bridgehead atoms. The Hall–Kier alpha value is -2.26. The number of hydrogen-bond donors (Lipinski definition) is 1. The van der Waals surface area contributed by atoms with Crippen LogP contribution in [0.4, 0.5) is 0 Å². The third kappa shape index (κ3) is 3.12. The van der Waals surface area contributed by atoms with Gasteiger partial charge in [0.1, 0.15) is 0 Å². The smallest absolute Gasteiger partial charge is 0.328 e. The molecule has 8 nitrogen and oxygen atoms in total. The molecule has 0 radical (unpaired) electrons. The summed E-state index contributed by atoms with van der Waals surface area (Å²) in [6, 6.07) is 1.72. The zero-order valence-corrected chi connectivity index (χ0v) is 16.8. The summed E-state index contributed by atoms with van der Waals surface area (Å²) in [4.78, 5) is 46.5. The van der Waals surface area contributed by atoms with Crippen molar-refractivity contribution in [3.8, 4) is 0 Å². The Morgan fingerprint density at radius 2 is 2.21 bits per heavy atom. The first-order valence-electron chi connectivity index (χ1n) is 9.46. The highest BCUT2D eigenvalue weighted by Crippen LogP contribution is 2.52. The summed E-state index contributed by atoms with van der Waals surface area (Å²) in [7, 11) is 1.44. The van der Waals surface area contributed by atoms with Gasteiger partial charge < -0.3 is 9.72 Å². The van der Waals surface area contributed by atoms with E-state index < -0.39 is 11.1 Å². The first-order valence-corrected chi connectivity index (χ1v) is 10.4. The van der Waals surface area contributed by atoms with Crippen molar-refractivity contribution in [2.24, 2.45) is 5.41 Å². The van der Waals surface area contributed by atoms with Crippen molar-refractivity contribution in [3.63, 3.8) is 0 Å². The van der Waals surface area contributed by atoms with Crippen LogP contribution in [0, 0.1) is 12.3 Å². The number of rotatable bonds is 6. The number of methoxy groups -OCH3 is 1. The molecule has 28 heavy (non-hydrogen) atoms. The van der Waals surface area contributed by atoms with Crippen LogP contribution in [0.5, 0.6) is 0 Å². The molecule has 0 unspecified atom stereocenters. The molecular weight excluding hydrogens is 380 g/mol. The molecule has 4 rings (SSSR count). The minimum absolute atomic E-state index is 0.0342. The summed E-state index contributed by atoms with van der Waals surface area (Å²) in [5.74, 6) is -0.192. The van der Waals surface area contributed by atoms with Crippen LogP contribution in [0.2, 0.25) is 0 Å². The Kier molecular flexibility index (Phi) is 4.96. The molecule has 0 spiro atoms. The van der Waals surface area contributed by atoms with Crippen LogP contribution in [0.3, 0.4) is 0 Å². The van der Waals surface area contributed by atoms with E-state index in [9.17, 15) is 14.4 Å². The van der Waals surface area contributed by atoms with Crippen LogP contribution in [0.25, 0.3) is 0 Å². The normalized spacial score (nSPS) is 26.6. The molecule has 1 N–H and O–H groups in total. The van der Waals surface area contributed by atoms with Crippen LogP contribution < -0.4 is 11.2 Å². The predicted octanol–water partition coefficient (Wildman–Crippen LogP) is 0.940. The maximum Gasteiger partial charge on any atom is 0.328 e. The lowest BCUT2D eigenvalue weighted by Gasteiger charge is -2.34. The molecule has 9 heteroatoms. The number of H-pyrrole nitrogens is 1. The Morgan fingerprint density at radius 1 is 1.39 bits per heavy atom. The molecule has 2 saturated heterocycles. The molecule has 2 aliphatic heterocycles. The van der Waals surface area contributed by atoms with Gasteiger partial charge in [-0.05, 0) is 26.2 Å². The minimum Gasteiger partial charge on any atom is -0.469 e. The van der Waals surface area contributed by atoms with Gasteiger partial charge in [-0.15, -0.1) is 11.3 Å². The Bertz CT molecular complexity index is 951. The first kappa shape index (κ1) is 19.1. The average Bonchev–Trinajstić information content (AvgIpc) is 3.36. The van der Waals surface area contributed by atoms with E-state index in [1.54, 1.807) is 12.4 Å². The highest BCUT2D eigenvalue weighted by Gasteiger charge is 2.60. The van der Waals surface area contributed by atoms with E-state index in [1.807, 2.05) is 5.38 Å². The number of carbonyl (C=O) groups is 1. The monoisotopic (exact) mass is 404 g/mol. The first-order chi connectivity index (χ1) is 13.4. The molecule has 2 aliphatic rings. The summed E-state index contributed by atoms with van der Waals surface area (Å²) >= 11 is 1.52. The van der Waals surface area contributed by atoms with Gasteiger partial charge in [-0.3, -0.25) is 19.1 Å². The lowest BCUT2D eigenvalue weighted by Crippen LogP contribution is -2.47. The molecule has 3 atom stereocenters. The average molecular weight is 404 g/mol. The molecule has 0 aromatic carbocycles. The standard InChI is InChI=1S/C19H24N4O4S/c1-12-7-16(24)23(18(26)21-12)6-5-22-14-3-4-15(22)19(9-14,17(25)27-2)8-13-10-28-11-20-13/h7,10-11,14-15H,3-6,8-9H2,1-2H3,(H,21,26)/t14-,15+,19+/m1/s1. The van der Waals surface area contributed by atoms with Gasteiger partial charge in [0.2, 0.25) is 0 Å². The zero-order valence-electron chi connectivity index (χ0n) is 16.0. The Balaban J connectivity index is 1.58. The molecule has 2 aromatic heterocycles. The summed E-state index contributed by atoms with van der Waals surface area (Å²) in [6.45, 7) is 2.55. The fourth-order valence-corrected chi connectivity index (χ4v) is 5.60. The lowest BCUT2D eigenvalue weighted by atomic mass is 9.71. The van der Waals surface area contributed by atoms with Crippen LogP contribution >= 0.6 is 11.3 Å². The van der Waals surface area contributed by atoms with Gasteiger partial charge in [-0.1, -0.05) is 0 Å². The zero-order chi connectivity index (χ0) is 19.9. The van der Waals surface area contributed by atoms with E-state index in [0.29, 0.717) is 25.2 Å². The van der Waals surface area contributed by atoms with Crippen LogP contribution in [-0.2, 0) is 22.5 Å². The van der Waals surface area contributed by atoms with Crippen LogP contribution in [-0.4, -0.2) is 51.1 Å². The van der Waals surface area contributed by atoms with Gasteiger partial charge in [0.15, 0.2) is 0 Å². The number of ether oxygens (including phenoxy) is 1. The maximum absolute atomic E-state index is 12.8. The second-order valence-electron chi connectivity index (χ2n) is 7.74. The SMILES string of the molecule is COC(=O)[C@@]1(Cc2cscn2)C[C@H]2CC[C@@H]1N2CCn1c(=O)cc(C)[nH]c1=O. The fraction of sp³-hybridized carbons (Fsp3) is 0.579. The van der Waals surface area contributed by atoms with Crippen molar-refractivity contribution >= 4 is 17.3 Å². The van der Waals surface area contributed by atoms with Gasteiger partial charge >= 0.3 is 11.7 Å². The largest absolute Gasteiger partial charge is 0.469 e. The molecule has 4 heterocycles. The molecule has 150 valence electrons. The highest BCUT2D eigenvalue weighted by atomic mass is 32.1. The van der Waals surface area contributed by atoms with Crippen molar-refractivity contribution in [2.75, 3.05) is 13.7 Å². The quantitative estimate of drug-likeness (QED) is 0.720. The maximum atomic E-state index is 12.8. The molecule has 2 aromatic rings. The third-order valence-corrected chi connectivity index (χ3v) is 6.82. The van der Waals surface area contributed by atoms with E-state index in [-0.39, 0.29) is 23.6 Å². The minimum atomic E-state index is -0.615. The summed E-state index contributed by atoms with van der Waals surface area (Å²) in [5, 5.41) is 1.98. The highest BCUT2D eigenvalue weighted by molar-refractivity contribution is 7.07. The molecule has 0 aliphatic carbocycles. The topological polar surface area (TPSA) is 97.3 Å². The number of thiazole rings is 1. The van der Waals surface area contributed by atoms with Crippen molar-refractivity contribution in [3.05, 3.63) is 49.2 Å². The number of nitrogens with one attached hydrogen (secondary N) is 1. The van der Waals surface area contributed by atoms with Crippen molar-refractivity contribution in [1.82, 2.24) is 19.4 Å². The number of esters is 1. The van der Waals surface area contributed by atoms with Gasteiger partial charge in [-0.2, -0.15) is 0 Å². The van der Waals surface area contributed by atoms with E-state index in [4.69, 9.17) is 4.74 Å². The fourth-order valence-electron chi connectivity index (χ4n) is 5.04. The van der Waals surface area contributed by atoms with E-state index in [1.165, 1.54) is 29.1 Å². The second-order valence-corrected chi connectivity index (χ2v) is 8.46. The van der Waals surface area contributed by atoms with Gasteiger partial charge in [0, 0.05) is 48.7 Å². The number of hydrogen-bond acceptors (Lipinski definition) is 7. The van der Waals surface area contributed by atoms with Crippen LogP contribution in [0.15, 0.2) is 26.5 Å². The number of aromatic nitrogens is 3. The number of aromatic amines is 1. The van der Waals surface area contributed by atoms with Crippen molar-refractivity contribution < 1.29 is 9.53 Å². The summed E-state index contributed by atoms with van der Waals surface area (Å²) in [5.41, 5.74) is 1.94. The van der Waals surface area contributed by atoms with E-state index >= 15 is 0 Å². The van der Waals surface area contributed by atoms with E-state index in [2.05, 4.69) is 14.9 Å². The molecule has 0 amide bonds. The van der Waals surface area contributed by atoms with Crippen LogP contribution in [0.1, 0.15) is 30.7 Å². The Labute approximate surface area is 166 Å². The number of carbonyl (C=O) groups excluding carboxylic acids is 1. The van der Waals surface area contributed by atoms with E-state index in [0.717, 1.165) is 25.0 Å². The summed E-state index contributed by atoms with van der Waals surface area (Å²) in [6.07, 6.45) is 3.20. The van der Waals surface area contributed by atoms with Crippen molar-refractivity contribution in [2.45, 2.75) is 51.2 Å². The lowest BCUT2D eigenvalue weighted by molar-refractivity contribution is -0.155. The molecule has 2 fully saturated rings.